The van der Waals surface area contributed by atoms with Crippen LogP contribution in [0.5, 0.6) is 0 Å². The minimum atomic E-state index is -0.497. The summed E-state index contributed by atoms with van der Waals surface area (Å²) in [6.07, 6.45) is 1.01. The summed E-state index contributed by atoms with van der Waals surface area (Å²) in [6, 6.07) is 3.15. The Morgan fingerprint density at radius 2 is 1.88 bits per heavy atom. The summed E-state index contributed by atoms with van der Waals surface area (Å²) in [4.78, 5) is 12.4. The number of nitrogens with zero attached hydrogens (tertiary/aromatic N) is 3. The minimum absolute atomic E-state index is 0.00523. The molecule has 0 radical (unpaired) electrons. The summed E-state index contributed by atoms with van der Waals surface area (Å²) >= 11 is 5.97. The summed E-state index contributed by atoms with van der Waals surface area (Å²) in [6.45, 7) is 5.79. The van der Waals surface area contributed by atoms with Crippen molar-refractivity contribution >= 4 is 17.5 Å². The van der Waals surface area contributed by atoms with E-state index >= 15 is 0 Å². The Morgan fingerprint density at radius 3 is 2.54 bits per heavy atom. The first-order chi connectivity index (χ1) is 12.3. The van der Waals surface area contributed by atoms with Gasteiger partial charge < -0.3 is 10.4 Å². The molecule has 0 aliphatic carbocycles. The highest BCUT2D eigenvalue weighted by Crippen LogP contribution is 2.23. The Balaban J connectivity index is 2.17. The molecule has 1 heterocycles. The van der Waals surface area contributed by atoms with Gasteiger partial charge in [0, 0.05) is 6.42 Å². The molecule has 0 amide bonds. The van der Waals surface area contributed by atoms with Crippen molar-refractivity contribution in [2.45, 2.75) is 45.6 Å². The summed E-state index contributed by atoms with van der Waals surface area (Å²) < 4.78 is 27.3. The van der Waals surface area contributed by atoms with Crippen LogP contribution in [0.4, 0.5) is 14.7 Å². The summed E-state index contributed by atoms with van der Waals surface area (Å²) in [5.74, 6) is -0.316. The van der Waals surface area contributed by atoms with Gasteiger partial charge in [-0.3, -0.25) is 0 Å². The number of nitrogens with one attached hydrogen (secondary N) is 1. The van der Waals surface area contributed by atoms with Gasteiger partial charge in [0.15, 0.2) is 0 Å². The van der Waals surface area contributed by atoms with Gasteiger partial charge in [0.1, 0.15) is 17.5 Å². The van der Waals surface area contributed by atoms with E-state index in [1.165, 1.54) is 6.07 Å². The number of halogens is 3. The monoisotopic (exact) mass is 384 g/mol. The molecule has 0 aliphatic heterocycles. The third-order valence-corrected chi connectivity index (χ3v) is 4.11. The Hall–Kier alpha value is -1.86. The van der Waals surface area contributed by atoms with Crippen LogP contribution in [0.25, 0.3) is 0 Å². The molecule has 2 N–H and O–H groups in total. The molecule has 5 nitrogen and oxygen atoms in total. The van der Waals surface area contributed by atoms with Crippen molar-refractivity contribution in [3.05, 3.63) is 46.5 Å². The standard InChI is InChI=1S/C18H23ClF2N4O/c1-10(2)6-13(9-26)22-18-24-16(23-17(19)25-18)7-11(3)14-8-12(20)4-5-15(14)21/h4-5,8,10-11,13,26H,6-7,9H2,1-3H3,(H,22,23,24,25)/t11?,13-/m1/s1. The average molecular weight is 385 g/mol. The second-order valence-electron chi connectivity index (χ2n) is 6.77. The highest BCUT2D eigenvalue weighted by atomic mass is 35.5. The number of hydrogen-bond donors (Lipinski definition) is 2. The zero-order valence-corrected chi connectivity index (χ0v) is 15.8. The first-order valence-electron chi connectivity index (χ1n) is 8.51. The van der Waals surface area contributed by atoms with E-state index in [0.29, 0.717) is 11.7 Å². The van der Waals surface area contributed by atoms with Gasteiger partial charge in [-0.05, 0) is 53.6 Å². The maximum Gasteiger partial charge on any atom is 0.227 e. The van der Waals surface area contributed by atoms with E-state index in [1.807, 2.05) is 13.8 Å². The number of aliphatic hydroxyl groups excluding tert-OH is 1. The Morgan fingerprint density at radius 1 is 1.15 bits per heavy atom. The van der Waals surface area contributed by atoms with Gasteiger partial charge >= 0.3 is 0 Å². The number of hydrogen-bond acceptors (Lipinski definition) is 5. The smallest absolute Gasteiger partial charge is 0.227 e. The fourth-order valence-electron chi connectivity index (χ4n) is 2.75. The second-order valence-corrected chi connectivity index (χ2v) is 7.11. The summed E-state index contributed by atoms with van der Waals surface area (Å²) in [7, 11) is 0. The van der Waals surface area contributed by atoms with Crippen LogP contribution >= 0.6 is 11.6 Å². The predicted octanol–water partition coefficient (Wildman–Crippen LogP) is 3.97. The largest absolute Gasteiger partial charge is 0.394 e. The lowest BCUT2D eigenvalue weighted by atomic mass is 9.97. The molecule has 1 unspecified atom stereocenters. The molecule has 1 aromatic heterocycles. The van der Waals surface area contributed by atoms with Gasteiger partial charge in [0.05, 0.1) is 12.6 Å². The molecule has 0 bridgehead atoms. The van der Waals surface area contributed by atoms with E-state index in [9.17, 15) is 13.9 Å². The average Bonchev–Trinajstić information content (AvgIpc) is 2.55. The highest BCUT2D eigenvalue weighted by Gasteiger charge is 2.17. The van der Waals surface area contributed by atoms with E-state index in [-0.39, 0.29) is 41.8 Å². The fourth-order valence-corrected chi connectivity index (χ4v) is 2.93. The van der Waals surface area contributed by atoms with Crippen LogP contribution in [0, 0.1) is 17.6 Å². The van der Waals surface area contributed by atoms with Crippen LogP contribution in [0.3, 0.4) is 0 Å². The lowest BCUT2D eigenvalue weighted by molar-refractivity contribution is 0.259. The Kier molecular flexibility index (Phi) is 7.23. The van der Waals surface area contributed by atoms with Crippen LogP contribution in [-0.4, -0.2) is 32.7 Å². The van der Waals surface area contributed by atoms with Crippen LogP contribution in [0.1, 0.15) is 44.5 Å². The Labute approximate surface area is 156 Å². The van der Waals surface area contributed by atoms with E-state index in [4.69, 9.17) is 11.6 Å². The van der Waals surface area contributed by atoms with Crippen molar-refractivity contribution in [2.75, 3.05) is 11.9 Å². The predicted molar refractivity (Wildman–Crippen MR) is 97.3 cm³/mol. The Bertz CT molecular complexity index is 745. The molecule has 0 spiro atoms. The van der Waals surface area contributed by atoms with Crippen molar-refractivity contribution in [1.29, 1.82) is 0 Å². The van der Waals surface area contributed by atoms with E-state index in [2.05, 4.69) is 20.3 Å². The first-order valence-corrected chi connectivity index (χ1v) is 8.89. The fraction of sp³-hybridized carbons (Fsp3) is 0.500. The number of rotatable bonds is 8. The van der Waals surface area contributed by atoms with Gasteiger partial charge in [-0.25, -0.2) is 13.8 Å². The number of anilines is 1. The molecule has 0 fully saturated rings. The van der Waals surface area contributed by atoms with Gasteiger partial charge in [-0.15, -0.1) is 0 Å². The summed E-state index contributed by atoms with van der Waals surface area (Å²) in [5.41, 5.74) is 0.254. The van der Waals surface area contributed by atoms with E-state index in [0.717, 1.165) is 18.6 Å². The van der Waals surface area contributed by atoms with Gasteiger partial charge in [0.2, 0.25) is 11.2 Å². The maximum absolute atomic E-state index is 13.9. The number of aliphatic hydroxyl groups is 1. The molecule has 0 aliphatic rings. The molecule has 2 rings (SSSR count). The zero-order valence-electron chi connectivity index (χ0n) is 15.0. The second kappa shape index (κ2) is 9.19. The summed E-state index contributed by atoms with van der Waals surface area (Å²) in [5, 5.41) is 12.5. The van der Waals surface area contributed by atoms with Gasteiger partial charge in [-0.1, -0.05) is 20.8 Å². The van der Waals surface area contributed by atoms with Gasteiger partial charge in [0.25, 0.3) is 0 Å². The topological polar surface area (TPSA) is 70.9 Å². The van der Waals surface area contributed by atoms with Crippen molar-refractivity contribution in [1.82, 2.24) is 15.0 Å². The first kappa shape index (κ1) is 20.5. The van der Waals surface area contributed by atoms with Crippen LogP contribution in [-0.2, 0) is 6.42 Å². The number of benzene rings is 1. The molecule has 2 atom stereocenters. The molecule has 142 valence electrons. The molecule has 26 heavy (non-hydrogen) atoms. The number of aromatic nitrogens is 3. The lowest BCUT2D eigenvalue weighted by Crippen LogP contribution is -2.27. The quantitative estimate of drug-likeness (QED) is 0.720. The minimum Gasteiger partial charge on any atom is -0.394 e. The molecular weight excluding hydrogens is 362 g/mol. The molecule has 2 aromatic rings. The molecule has 1 aromatic carbocycles. The van der Waals surface area contributed by atoms with Gasteiger partial charge in [-0.2, -0.15) is 9.97 Å². The van der Waals surface area contributed by atoms with E-state index < -0.39 is 11.6 Å². The van der Waals surface area contributed by atoms with E-state index in [1.54, 1.807) is 6.92 Å². The maximum atomic E-state index is 13.9. The van der Waals surface area contributed by atoms with Crippen molar-refractivity contribution in [2.24, 2.45) is 5.92 Å². The molecule has 0 saturated carbocycles. The molecule has 8 heteroatoms. The third kappa shape index (κ3) is 5.85. The third-order valence-electron chi connectivity index (χ3n) is 3.94. The van der Waals surface area contributed by atoms with Crippen molar-refractivity contribution in [3.63, 3.8) is 0 Å². The molecular formula is C18H23ClF2N4O. The lowest BCUT2D eigenvalue weighted by Gasteiger charge is -2.19. The normalized spacial score (nSPS) is 13.7. The SMILES string of the molecule is CC(C)C[C@H](CO)Nc1nc(Cl)nc(CC(C)c2cc(F)ccc2F)n1. The highest BCUT2D eigenvalue weighted by molar-refractivity contribution is 6.28. The van der Waals surface area contributed by atoms with Crippen molar-refractivity contribution in [3.8, 4) is 0 Å². The van der Waals surface area contributed by atoms with Crippen LogP contribution < -0.4 is 5.32 Å². The zero-order chi connectivity index (χ0) is 19.3. The van der Waals surface area contributed by atoms with Crippen LogP contribution in [0.15, 0.2) is 18.2 Å². The van der Waals surface area contributed by atoms with Crippen molar-refractivity contribution < 1.29 is 13.9 Å². The van der Waals surface area contributed by atoms with Crippen LogP contribution in [0.2, 0.25) is 5.28 Å². The molecule has 0 saturated heterocycles.